The van der Waals surface area contributed by atoms with Crippen LogP contribution in [0.3, 0.4) is 0 Å². The number of rotatable bonds is 5. The van der Waals surface area contributed by atoms with Gasteiger partial charge in [0.05, 0.1) is 0 Å². The number of hydrogen-bond donors (Lipinski definition) is 2. The molecule has 1 aliphatic heterocycles. The minimum Gasteiger partial charge on any atom is -0.369 e. The number of nitrogens with two attached hydrogens (primary N) is 1. The number of amides is 1. The number of piperidine rings is 1. The number of pyridine rings is 1. The highest BCUT2D eigenvalue weighted by Gasteiger charge is 2.24. The summed E-state index contributed by atoms with van der Waals surface area (Å²) < 4.78 is 0. The van der Waals surface area contributed by atoms with Gasteiger partial charge in [0.1, 0.15) is 5.82 Å². The molecular weight excluding hydrogens is 264 g/mol. The van der Waals surface area contributed by atoms with Gasteiger partial charge >= 0.3 is 0 Å². The van der Waals surface area contributed by atoms with Crippen LogP contribution in [0, 0.1) is 12.8 Å². The van der Waals surface area contributed by atoms with Crippen molar-refractivity contribution in [3.8, 4) is 0 Å². The lowest BCUT2D eigenvalue weighted by Crippen LogP contribution is -2.39. The van der Waals surface area contributed by atoms with Crippen LogP contribution in [0.1, 0.15) is 36.8 Å². The largest absolute Gasteiger partial charge is 0.369 e. The number of nitrogens with zero attached hydrogens (tertiary/aromatic N) is 2. The number of aryl methyl sites for hydroxylation is 1. The molecule has 1 aromatic rings. The highest BCUT2D eigenvalue weighted by Crippen LogP contribution is 2.25. The average molecular weight is 288 g/mol. The van der Waals surface area contributed by atoms with Crippen molar-refractivity contribution in [2.24, 2.45) is 11.7 Å². The van der Waals surface area contributed by atoms with Gasteiger partial charge < -0.3 is 16.0 Å². The fourth-order valence-corrected chi connectivity index (χ4v) is 2.98. The monoisotopic (exact) mass is 288 g/mol. The van der Waals surface area contributed by atoms with Crippen molar-refractivity contribution < 1.29 is 4.79 Å². The molecule has 0 unspecified atom stereocenters. The lowest BCUT2D eigenvalue weighted by molar-refractivity contribution is -0.122. The van der Waals surface area contributed by atoms with E-state index in [0.717, 1.165) is 44.3 Å². The van der Waals surface area contributed by atoms with Gasteiger partial charge in [0.15, 0.2) is 0 Å². The van der Waals surface area contributed by atoms with E-state index in [2.05, 4.69) is 28.2 Å². The van der Waals surface area contributed by atoms with Gasteiger partial charge in [0.2, 0.25) is 5.91 Å². The van der Waals surface area contributed by atoms with Crippen molar-refractivity contribution in [3.63, 3.8) is 0 Å². The maximum Gasteiger partial charge on any atom is 0.220 e. The Morgan fingerprint density at radius 1 is 1.38 bits per heavy atom. The standard InChI is InChI=1S/C16H24N4O/c1-11-8-12(9-18-14-2-3-14)10-19-16(11)20-6-4-13(5-7-20)15(17)21/h8,10,13-14,18H,2-7,9H2,1H3,(H2,17,21). The van der Waals surface area contributed by atoms with Crippen LogP contribution < -0.4 is 16.0 Å². The van der Waals surface area contributed by atoms with E-state index >= 15 is 0 Å². The quantitative estimate of drug-likeness (QED) is 0.858. The van der Waals surface area contributed by atoms with Crippen molar-refractivity contribution in [1.29, 1.82) is 0 Å². The van der Waals surface area contributed by atoms with E-state index in [4.69, 9.17) is 5.73 Å². The highest BCUT2D eigenvalue weighted by atomic mass is 16.1. The molecule has 3 N–H and O–H groups in total. The summed E-state index contributed by atoms with van der Waals surface area (Å²) in [6.45, 7) is 4.74. The summed E-state index contributed by atoms with van der Waals surface area (Å²) in [5.41, 5.74) is 7.84. The zero-order valence-electron chi connectivity index (χ0n) is 12.6. The summed E-state index contributed by atoms with van der Waals surface area (Å²) in [6.07, 6.45) is 6.25. The van der Waals surface area contributed by atoms with Gasteiger partial charge in [-0.25, -0.2) is 4.98 Å². The third-order valence-corrected chi connectivity index (χ3v) is 4.48. The van der Waals surface area contributed by atoms with E-state index < -0.39 is 0 Å². The zero-order chi connectivity index (χ0) is 14.8. The first kappa shape index (κ1) is 14.3. The van der Waals surface area contributed by atoms with Gasteiger partial charge in [-0.15, -0.1) is 0 Å². The smallest absolute Gasteiger partial charge is 0.220 e. The number of carbonyl (C=O) groups excluding carboxylic acids is 1. The number of aromatic nitrogens is 1. The lowest BCUT2D eigenvalue weighted by atomic mass is 9.96. The zero-order valence-corrected chi connectivity index (χ0v) is 12.6. The first-order valence-electron chi connectivity index (χ1n) is 7.86. The molecule has 2 heterocycles. The molecule has 3 rings (SSSR count). The summed E-state index contributed by atoms with van der Waals surface area (Å²) in [5.74, 6) is 0.914. The van der Waals surface area contributed by atoms with Crippen LogP contribution >= 0.6 is 0 Å². The maximum atomic E-state index is 11.2. The molecule has 5 heteroatoms. The van der Waals surface area contributed by atoms with Crippen molar-refractivity contribution >= 4 is 11.7 Å². The van der Waals surface area contributed by atoms with E-state index in [1.807, 2.05) is 6.20 Å². The Hall–Kier alpha value is -1.62. The fraction of sp³-hybridized carbons (Fsp3) is 0.625. The normalized spacial score (nSPS) is 19.8. The Balaban J connectivity index is 1.61. The molecule has 114 valence electrons. The van der Waals surface area contributed by atoms with Crippen LogP contribution in [0.4, 0.5) is 5.82 Å². The van der Waals surface area contributed by atoms with Crippen molar-refractivity contribution in [3.05, 3.63) is 23.4 Å². The van der Waals surface area contributed by atoms with E-state index in [0.29, 0.717) is 0 Å². The molecule has 2 fully saturated rings. The predicted octanol–water partition coefficient (Wildman–Crippen LogP) is 1.34. The number of carbonyl (C=O) groups is 1. The molecular formula is C16H24N4O. The lowest BCUT2D eigenvalue weighted by Gasteiger charge is -2.32. The molecule has 2 aliphatic rings. The molecule has 1 amide bonds. The molecule has 1 aromatic heterocycles. The van der Waals surface area contributed by atoms with Gasteiger partial charge in [-0.2, -0.15) is 0 Å². The average Bonchev–Trinajstić information content (AvgIpc) is 3.29. The molecule has 0 bridgehead atoms. The Bertz CT molecular complexity index is 519. The second kappa shape index (κ2) is 6.02. The van der Waals surface area contributed by atoms with Crippen LogP contribution in [0.15, 0.2) is 12.3 Å². The molecule has 5 nitrogen and oxygen atoms in total. The van der Waals surface area contributed by atoms with Gasteiger partial charge in [-0.05, 0) is 49.8 Å². The van der Waals surface area contributed by atoms with E-state index in [1.54, 1.807) is 0 Å². The summed E-state index contributed by atoms with van der Waals surface area (Å²) in [4.78, 5) is 18.1. The Kier molecular flexibility index (Phi) is 4.10. The summed E-state index contributed by atoms with van der Waals surface area (Å²) in [7, 11) is 0. The third-order valence-electron chi connectivity index (χ3n) is 4.48. The van der Waals surface area contributed by atoms with Gasteiger partial charge in [0.25, 0.3) is 0 Å². The Morgan fingerprint density at radius 2 is 2.10 bits per heavy atom. The summed E-state index contributed by atoms with van der Waals surface area (Å²) in [5, 5.41) is 3.51. The van der Waals surface area contributed by atoms with Crippen LogP contribution in [0.25, 0.3) is 0 Å². The van der Waals surface area contributed by atoms with Crippen LogP contribution in [-0.4, -0.2) is 30.0 Å². The van der Waals surface area contributed by atoms with Crippen molar-refractivity contribution in [2.45, 2.75) is 45.2 Å². The molecule has 0 aromatic carbocycles. The van der Waals surface area contributed by atoms with Crippen molar-refractivity contribution in [2.75, 3.05) is 18.0 Å². The number of hydrogen-bond acceptors (Lipinski definition) is 4. The fourth-order valence-electron chi connectivity index (χ4n) is 2.98. The summed E-state index contributed by atoms with van der Waals surface area (Å²) in [6, 6.07) is 2.94. The Morgan fingerprint density at radius 3 is 2.67 bits per heavy atom. The minimum absolute atomic E-state index is 0.0311. The van der Waals surface area contributed by atoms with Crippen molar-refractivity contribution in [1.82, 2.24) is 10.3 Å². The van der Waals surface area contributed by atoms with Gasteiger partial charge in [-0.3, -0.25) is 4.79 Å². The van der Waals surface area contributed by atoms with E-state index in [1.165, 1.54) is 24.0 Å². The van der Waals surface area contributed by atoms with E-state index in [9.17, 15) is 4.79 Å². The number of primary amides is 1. The van der Waals surface area contributed by atoms with Crippen LogP contribution in [-0.2, 0) is 11.3 Å². The molecule has 0 spiro atoms. The molecule has 21 heavy (non-hydrogen) atoms. The second-order valence-corrected chi connectivity index (χ2v) is 6.30. The predicted molar refractivity (Wildman–Crippen MR) is 83.0 cm³/mol. The third kappa shape index (κ3) is 3.53. The molecule has 1 saturated carbocycles. The van der Waals surface area contributed by atoms with E-state index in [-0.39, 0.29) is 11.8 Å². The highest BCUT2D eigenvalue weighted by molar-refractivity contribution is 5.77. The molecule has 1 aliphatic carbocycles. The first-order chi connectivity index (χ1) is 10.1. The SMILES string of the molecule is Cc1cc(CNC2CC2)cnc1N1CCC(C(N)=O)CC1. The molecule has 1 saturated heterocycles. The molecule has 0 atom stereocenters. The summed E-state index contributed by atoms with van der Waals surface area (Å²) >= 11 is 0. The van der Waals surface area contributed by atoms with Crippen LogP contribution in [0.5, 0.6) is 0 Å². The number of anilines is 1. The van der Waals surface area contributed by atoms with Gasteiger partial charge in [0, 0.05) is 37.8 Å². The second-order valence-electron chi connectivity index (χ2n) is 6.30. The van der Waals surface area contributed by atoms with Crippen LogP contribution in [0.2, 0.25) is 0 Å². The minimum atomic E-state index is -0.166. The number of nitrogens with one attached hydrogen (secondary N) is 1. The topological polar surface area (TPSA) is 71.2 Å². The van der Waals surface area contributed by atoms with Gasteiger partial charge in [-0.1, -0.05) is 0 Å². The first-order valence-corrected chi connectivity index (χ1v) is 7.86. The Labute approximate surface area is 125 Å². The maximum absolute atomic E-state index is 11.2. The molecule has 0 radical (unpaired) electrons.